The van der Waals surface area contributed by atoms with E-state index in [-0.39, 0.29) is 17.4 Å². The van der Waals surface area contributed by atoms with Crippen molar-refractivity contribution in [3.63, 3.8) is 0 Å². The summed E-state index contributed by atoms with van der Waals surface area (Å²) in [5.74, 6) is 1.01. The van der Waals surface area contributed by atoms with E-state index in [1.165, 1.54) is 18.9 Å². The topological polar surface area (TPSA) is 83.5 Å². The minimum Gasteiger partial charge on any atom is -0.493 e. The van der Waals surface area contributed by atoms with Crippen molar-refractivity contribution in [2.75, 3.05) is 24.9 Å². The molecule has 0 saturated heterocycles. The Kier molecular flexibility index (Phi) is 5.62. The second kappa shape index (κ2) is 8.50. The van der Waals surface area contributed by atoms with Gasteiger partial charge < -0.3 is 9.47 Å². The standard InChI is InChI=1S/C21H20N4O4S/c1-28-17-9-8-14(12-18(17)29-2)16(26)13-30-21-23-22-19-20(27)24(10-11-25(19)21)15-6-4-3-5-7-15/h3-12,19,22H,13H2,1-2H3. The van der Waals surface area contributed by atoms with Crippen LogP contribution in [0.15, 0.2) is 66.0 Å². The van der Waals surface area contributed by atoms with Crippen LogP contribution in [0, 0.1) is 0 Å². The number of amidine groups is 1. The Bertz CT molecular complexity index is 1020. The summed E-state index contributed by atoms with van der Waals surface area (Å²) in [6.45, 7) is 0. The Labute approximate surface area is 178 Å². The number of amides is 1. The van der Waals surface area contributed by atoms with Gasteiger partial charge in [-0.3, -0.25) is 24.8 Å². The van der Waals surface area contributed by atoms with E-state index in [0.717, 1.165) is 5.69 Å². The molecule has 8 nitrogen and oxygen atoms in total. The maximum Gasteiger partial charge on any atom is 0.276 e. The molecule has 0 aromatic heterocycles. The fourth-order valence-electron chi connectivity index (χ4n) is 3.15. The zero-order chi connectivity index (χ0) is 21.1. The molecule has 1 amide bonds. The van der Waals surface area contributed by atoms with E-state index in [2.05, 4.69) is 10.5 Å². The SMILES string of the molecule is COc1ccc(C(=O)CSC2=NNC3C(=O)N(c4ccccc4)C=CN23)cc1OC. The summed E-state index contributed by atoms with van der Waals surface area (Å²) >= 11 is 1.26. The van der Waals surface area contributed by atoms with Crippen LogP contribution in [0.4, 0.5) is 5.69 Å². The maximum atomic E-state index is 12.8. The molecule has 0 bridgehead atoms. The third-order valence-corrected chi connectivity index (χ3v) is 5.67. The van der Waals surface area contributed by atoms with E-state index in [1.54, 1.807) is 47.5 Å². The number of hydrogen-bond acceptors (Lipinski definition) is 8. The third-order valence-electron chi connectivity index (χ3n) is 4.70. The molecule has 2 aliphatic heterocycles. The minimum absolute atomic E-state index is 0.0784. The highest BCUT2D eigenvalue weighted by Crippen LogP contribution is 2.29. The lowest BCUT2D eigenvalue weighted by molar-refractivity contribution is -0.122. The largest absolute Gasteiger partial charge is 0.493 e. The first-order valence-electron chi connectivity index (χ1n) is 9.18. The highest BCUT2D eigenvalue weighted by molar-refractivity contribution is 8.14. The Morgan fingerprint density at radius 1 is 1.10 bits per heavy atom. The van der Waals surface area contributed by atoms with Crippen LogP contribution < -0.4 is 19.8 Å². The number of thioether (sulfide) groups is 1. The van der Waals surface area contributed by atoms with E-state index in [0.29, 0.717) is 22.2 Å². The fraction of sp³-hybridized carbons (Fsp3) is 0.190. The van der Waals surface area contributed by atoms with Gasteiger partial charge in [-0.1, -0.05) is 30.0 Å². The molecule has 1 atom stereocenters. The van der Waals surface area contributed by atoms with Gasteiger partial charge in [0, 0.05) is 23.7 Å². The van der Waals surface area contributed by atoms with Crippen molar-refractivity contribution in [1.29, 1.82) is 0 Å². The summed E-state index contributed by atoms with van der Waals surface area (Å²) in [4.78, 5) is 28.8. The Morgan fingerprint density at radius 3 is 2.60 bits per heavy atom. The monoisotopic (exact) mass is 424 g/mol. The number of ether oxygens (including phenoxy) is 2. The highest BCUT2D eigenvalue weighted by atomic mass is 32.2. The molecule has 2 aromatic rings. The zero-order valence-electron chi connectivity index (χ0n) is 16.4. The lowest BCUT2D eigenvalue weighted by atomic mass is 10.1. The molecule has 0 aliphatic carbocycles. The van der Waals surface area contributed by atoms with Crippen molar-refractivity contribution in [3.05, 3.63) is 66.5 Å². The van der Waals surface area contributed by atoms with Crippen molar-refractivity contribution >= 4 is 34.3 Å². The number of Topliss-reactive ketones (excluding diaryl/α,β-unsaturated/α-hetero) is 1. The smallest absolute Gasteiger partial charge is 0.276 e. The van der Waals surface area contributed by atoms with E-state index in [9.17, 15) is 9.59 Å². The van der Waals surface area contributed by atoms with Gasteiger partial charge >= 0.3 is 0 Å². The molecule has 2 heterocycles. The van der Waals surface area contributed by atoms with Crippen LogP contribution in [-0.4, -0.2) is 47.9 Å². The van der Waals surface area contributed by atoms with E-state index < -0.39 is 6.17 Å². The van der Waals surface area contributed by atoms with Crippen LogP contribution in [0.2, 0.25) is 0 Å². The fourth-order valence-corrected chi connectivity index (χ4v) is 4.01. The first-order valence-corrected chi connectivity index (χ1v) is 10.2. The van der Waals surface area contributed by atoms with Crippen molar-refractivity contribution in [1.82, 2.24) is 10.3 Å². The number of anilines is 1. The molecule has 0 radical (unpaired) electrons. The van der Waals surface area contributed by atoms with E-state index in [4.69, 9.17) is 9.47 Å². The van der Waals surface area contributed by atoms with Crippen LogP contribution in [0.3, 0.4) is 0 Å². The van der Waals surface area contributed by atoms with Crippen molar-refractivity contribution in [3.8, 4) is 11.5 Å². The first kappa shape index (κ1) is 19.8. The number of fused-ring (bicyclic) bond motifs is 1. The normalized spacial score (nSPS) is 17.3. The number of methoxy groups -OCH3 is 2. The lowest BCUT2D eigenvalue weighted by Crippen LogP contribution is -2.52. The van der Waals surface area contributed by atoms with Gasteiger partial charge in [0.1, 0.15) is 0 Å². The van der Waals surface area contributed by atoms with Crippen LogP contribution in [0.25, 0.3) is 0 Å². The highest BCUT2D eigenvalue weighted by Gasteiger charge is 2.38. The average Bonchev–Trinajstić information content (AvgIpc) is 3.21. The van der Waals surface area contributed by atoms with Gasteiger partial charge in [0.05, 0.1) is 20.0 Å². The third kappa shape index (κ3) is 3.71. The predicted molar refractivity (Wildman–Crippen MR) is 116 cm³/mol. The van der Waals surface area contributed by atoms with Gasteiger partial charge in [0.25, 0.3) is 5.91 Å². The van der Waals surface area contributed by atoms with Gasteiger partial charge in [-0.05, 0) is 30.3 Å². The van der Waals surface area contributed by atoms with Gasteiger partial charge in [-0.25, -0.2) is 0 Å². The van der Waals surface area contributed by atoms with Gasteiger partial charge in [0.15, 0.2) is 22.4 Å². The zero-order valence-corrected chi connectivity index (χ0v) is 17.3. The Balaban J connectivity index is 1.42. The molecule has 2 aromatic carbocycles. The molecule has 0 fully saturated rings. The predicted octanol–water partition coefficient (Wildman–Crippen LogP) is 2.64. The van der Waals surface area contributed by atoms with Crippen molar-refractivity contribution < 1.29 is 19.1 Å². The molecular weight excluding hydrogens is 404 g/mol. The second-order valence-electron chi connectivity index (χ2n) is 6.46. The van der Waals surface area contributed by atoms with Crippen LogP contribution >= 0.6 is 11.8 Å². The minimum atomic E-state index is -0.631. The Hall–Kier alpha value is -3.46. The first-order chi connectivity index (χ1) is 14.6. The number of carbonyl (C=O) groups excluding carboxylic acids is 2. The van der Waals surface area contributed by atoms with E-state index >= 15 is 0 Å². The second-order valence-corrected chi connectivity index (χ2v) is 7.40. The molecular formula is C21H20N4O4S. The van der Waals surface area contributed by atoms with Gasteiger partial charge in [-0.15, -0.1) is 0 Å². The number of ketones is 1. The van der Waals surface area contributed by atoms with Crippen molar-refractivity contribution in [2.45, 2.75) is 6.17 Å². The number of hydrogen-bond donors (Lipinski definition) is 1. The molecule has 4 rings (SSSR count). The van der Waals surface area contributed by atoms with Gasteiger partial charge in [-0.2, -0.15) is 5.10 Å². The molecule has 2 aliphatic rings. The maximum absolute atomic E-state index is 12.8. The van der Waals surface area contributed by atoms with Crippen LogP contribution in [0.5, 0.6) is 11.5 Å². The number of nitrogens with one attached hydrogen (secondary N) is 1. The molecule has 30 heavy (non-hydrogen) atoms. The number of benzene rings is 2. The van der Waals surface area contributed by atoms with Crippen LogP contribution in [0.1, 0.15) is 10.4 Å². The molecule has 9 heteroatoms. The number of nitrogens with zero attached hydrogens (tertiary/aromatic N) is 3. The summed E-state index contributed by atoms with van der Waals surface area (Å²) in [6, 6.07) is 14.4. The van der Waals surface area contributed by atoms with Crippen LogP contribution in [-0.2, 0) is 4.79 Å². The number of hydrazone groups is 1. The quantitative estimate of drug-likeness (QED) is 0.714. The Morgan fingerprint density at radius 2 is 1.87 bits per heavy atom. The van der Waals surface area contributed by atoms with Gasteiger partial charge in [0.2, 0.25) is 6.17 Å². The van der Waals surface area contributed by atoms with E-state index in [1.807, 2.05) is 30.3 Å². The summed E-state index contributed by atoms with van der Waals surface area (Å²) in [6.07, 6.45) is 2.85. The summed E-state index contributed by atoms with van der Waals surface area (Å²) in [5.41, 5.74) is 4.16. The molecule has 154 valence electrons. The lowest BCUT2D eigenvalue weighted by Gasteiger charge is -2.31. The summed E-state index contributed by atoms with van der Waals surface area (Å²) in [5, 5.41) is 4.81. The number of rotatable bonds is 6. The molecule has 0 spiro atoms. The molecule has 1 unspecified atom stereocenters. The van der Waals surface area contributed by atoms with Crippen molar-refractivity contribution in [2.24, 2.45) is 5.10 Å². The average molecular weight is 424 g/mol. The number of para-hydroxylation sites is 1. The summed E-state index contributed by atoms with van der Waals surface area (Å²) in [7, 11) is 3.07. The summed E-state index contributed by atoms with van der Waals surface area (Å²) < 4.78 is 10.5. The molecule has 0 saturated carbocycles. The number of carbonyl (C=O) groups is 2. The molecule has 1 N–H and O–H groups in total.